The minimum Gasteiger partial charge on any atom is -0.456 e. The Balaban J connectivity index is 0.980. The van der Waals surface area contributed by atoms with Crippen molar-refractivity contribution in [2.45, 2.75) is 19.3 Å². The number of thiophene rings is 1. The van der Waals surface area contributed by atoms with Gasteiger partial charge in [-0.15, -0.1) is 11.3 Å². The number of hydrogen-bond donors (Lipinski definition) is 0. The Hall–Kier alpha value is -10.9. The van der Waals surface area contributed by atoms with E-state index in [0.717, 1.165) is 122 Å². The lowest BCUT2D eigenvalue weighted by Crippen LogP contribution is -2.08. The minimum absolute atomic E-state index is 0.348. The maximum atomic E-state index is 6.46. The fourth-order valence-electron chi connectivity index (χ4n) is 13.4. The van der Waals surface area contributed by atoms with Crippen LogP contribution in [0.15, 0.2) is 235 Å². The molecule has 0 bridgehead atoms. The van der Waals surface area contributed by atoms with Crippen LogP contribution in [0.1, 0.15) is 29.7 Å². The van der Waals surface area contributed by atoms with Gasteiger partial charge in [0.1, 0.15) is 11.2 Å². The topological polar surface area (TPSA) is 105 Å². The molecule has 1 unspecified atom stereocenters. The summed E-state index contributed by atoms with van der Waals surface area (Å²) in [5.74, 6) is 3.69. The molecule has 0 radical (unpaired) electrons. The second-order valence-corrected chi connectivity index (χ2v) is 22.8. The average molecular weight is 1100 g/mol. The molecule has 11 heteroatoms. The minimum atomic E-state index is 0.348. The molecule has 0 spiro atoms. The van der Waals surface area contributed by atoms with Crippen molar-refractivity contribution >= 4 is 115 Å². The molecule has 7 heterocycles. The molecule has 0 N–H and O–H groups in total. The third-order valence-electron chi connectivity index (χ3n) is 17.0. The van der Waals surface area contributed by atoms with Crippen LogP contribution in [0, 0.1) is 0 Å². The first-order chi connectivity index (χ1) is 41.6. The first-order valence-electron chi connectivity index (χ1n) is 28.3. The van der Waals surface area contributed by atoms with E-state index in [4.69, 9.17) is 34.3 Å². The Kier molecular flexibility index (Phi) is 10.1. The van der Waals surface area contributed by atoms with Crippen molar-refractivity contribution in [2.75, 3.05) is 0 Å². The van der Waals surface area contributed by atoms with E-state index in [1.165, 1.54) is 20.5 Å². The third kappa shape index (κ3) is 6.84. The fraction of sp³-hybridized carbons (Fsp3) is 0.0411. The van der Waals surface area contributed by atoms with Crippen LogP contribution in [0.5, 0.6) is 0 Å². The molecule has 0 saturated heterocycles. The number of rotatable bonds is 7. The Morgan fingerprint density at radius 1 is 0.393 bits per heavy atom. The molecule has 18 rings (SSSR count). The molecule has 10 aromatic carbocycles. The molecule has 1 aliphatic rings. The van der Waals surface area contributed by atoms with Gasteiger partial charge in [-0.3, -0.25) is 9.13 Å². The Labute approximate surface area is 483 Å². The van der Waals surface area contributed by atoms with Gasteiger partial charge in [-0.25, -0.2) is 9.97 Å². The van der Waals surface area contributed by atoms with Gasteiger partial charge < -0.3 is 8.98 Å². The van der Waals surface area contributed by atoms with E-state index in [1.54, 1.807) is 0 Å². The second-order valence-electron chi connectivity index (χ2n) is 21.8. The molecule has 10 nitrogen and oxygen atoms in total. The molecule has 394 valence electrons. The number of aromatic nitrogens is 9. The lowest BCUT2D eigenvalue weighted by Gasteiger charge is -2.16. The normalized spacial score (nSPS) is 13.6. The highest BCUT2D eigenvalue weighted by Gasteiger charge is 2.29. The summed E-state index contributed by atoms with van der Waals surface area (Å²) in [6, 6.07) is 78.4. The lowest BCUT2D eigenvalue weighted by atomic mass is 9.89. The summed E-state index contributed by atoms with van der Waals surface area (Å²) in [6.45, 7) is 2.33. The smallest absolute Gasteiger partial charge is 0.238 e. The van der Waals surface area contributed by atoms with Crippen molar-refractivity contribution in [2.24, 2.45) is 0 Å². The molecule has 0 saturated carbocycles. The number of fused-ring (bicyclic) bond motifs is 17. The van der Waals surface area contributed by atoms with Crippen LogP contribution in [0.2, 0.25) is 0 Å². The molecule has 84 heavy (non-hydrogen) atoms. The SMILES string of the molecule is CC1CC=Cc2sc3cccc(-c4nc(-c5ccccc5)nc(-n5c6ccccc6c6ccc7c8ccc9c%10ccccc%10n(-c%10nc(-c%11ccccc%11)nc(-c%11cccc%12oc%13ccccc%13c%11%12)n%10)c9c8n(-c8ccccc8)c7c65)n4)c3c21. The Morgan fingerprint density at radius 2 is 0.857 bits per heavy atom. The predicted octanol–water partition coefficient (Wildman–Crippen LogP) is 18.7. The lowest BCUT2D eigenvalue weighted by molar-refractivity contribution is 0.669. The van der Waals surface area contributed by atoms with Gasteiger partial charge in [0.05, 0.1) is 33.1 Å². The number of hydrogen-bond acceptors (Lipinski definition) is 8. The molecule has 0 amide bonds. The first-order valence-corrected chi connectivity index (χ1v) is 29.2. The van der Waals surface area contributed by atoms with Gasteiger partial charge in [0, 0.05) is 86.0 Å². The summed E-state index contributed by atoms with van der Waals surface area (Å²) in [6.07, 6.45) is 5.57. The Morgan fingerprint density at radius 3 is 1.45 bits per heavy atom. The maximum absolute atomic E-state index is 6.46. The van der Waals surface area contributed by atoms with E-state index in [1.807, 2.05) is 78.1 Å². The van der Waals surface area contributed by atoms with Gasteiger partial charge in [-0.05, 0) is 66.4 Å². The van der Waals surface area contributed by atoms with Gasteiger partial charge in [0.25, 0.3) is 0 Å². The highest BCUT2D eigenvalue weighted by molar-refractivity contribution is 7.20. The molecule has 1 aliphatic carbocycles. The highest BCUT2D eigenvalue weighted by Crippen LogP contribution is 2.48. The molecule has 0 fully saturated rings. The van der Waals surface area contributed by atoms with Gasteiger partial charge in [-0.2, -0.15) is 19.9 Å². The van der Waals surface area contributed by atoms with Crippen LogP contribution in [-0.4, -0.2) is 43.6 Å². The van der Waals surface area contributed by atoms with E-state index in [9.17, 15) is 0 Å². The monoisotopic (exact) mass is 1100 g/mol. The van der Waals surface area contributed by atoms with Crippen LogP contribution in [0.4, 0.5) is 0 Å². The first kappa shape index (κ1) is 46.8. The van der Waals surface area contributed by atoms with Crippen molar-refractivity contribution in [3.8, 4) is 63.1 Å². The predicted molar refractivity (Wildman–Crippen MR) is 343 cm³/mol. The van der Waals surface area contributed by atoms with Crippen LogP contribution in [0.3, 0.4) is 0 Å². The zero-order chi connectivity index (χ0) is 55.1. The third-order valence-corrected chi connectivity index (χ3v) is 18.1. The van der Waals surface area contributed by atoms with Crippen molar-refractivity contribution in [3.05, 3.63) is 241 Å². The standard InChI is InChI=1S/C73H45N9OS/c1-42-20-17-36-59-61(42)63-54(31-19-37-60(63)84-59)71-75-69(44-23-7-3-8-24-44)77-73(79-71)82-56-33-15-12-28-47(56)49-39-41-51-50-40-38-48-46-27-11-14-32-55(46)81(66(48)64(50)80(65(51)67(49)82)45-25-9-4-10-26-45)72-76-68(43-21-5-2-6-22-43)74-70(78-72)53-30-18-35-58-62(53)52-29-13-16-34-57(52)83-58/h2-19,21-42H,20H2,1H3. The van der Waals surface area contributed by atoms with Crippen molar-refractivity contribution in [1.29, 1.82) is 0 Å². The summed E-state index contributed by atoms with van der Waals surface area (Å²) >= 11 is 1.84. The Bertz CT molecular complexity index is 5620. The van der Waals surface area contributed by atoms with E-state index in [-0.39, 0.29) is 0 Å². The van der Waals surface area contributed by atoms with Crippen molar-refractivity contribution in [1.82, 2.24) is 43.6 Å². The van der Waals surface area contributed by atoms with E-state index < -0.39 is 0 Å². The van der Waals surface area contributed by atoms with Crippen molar-refractivity contribution in [3.63, 3.8) is 0 Å². The molecule has 17 aromatic rings. The van der Waals surface area contributed by atoms with Crippen molar-refractivity contribution < 1.29 is 4.42 Å². The summed E-state index contributed by atoms with van der Waals surface area (Å²) in [4.78, 5) is 34.3. The van der Waals surface area contributed by atoms with Gasteiger partial charge in [-0.1, -0.05) is 195 Å². The zero-order valence-corrected chi connectivity index (χ0v) is 46.0. The number of para-hydroxylation sites is 4. The second kappa shape index (κ2) is 18.1. The number of nitrogens with zero attached hydrogens (tertiary/aromatic N) is 9. The summed E-state index contributed by atoms with van der Waals surface area (Å²) in [7, 11) is 0. The molecular formula is C73H45N9OS. The quantitative estimate of drug-likeness (QED) is 0.156. The van der Waals surface area contributed by atoms with Gasteiger partial charge in [0.15, 0.2) is 23.3 Å². The molecule has 0 aliphatic heterocycles. The summed E-state index contributed by atoms with van der Waals surface area (Å²) < 4.78 is 14.7. The van der Waals surface area contributed by atoms with Gasteiger partial charge in [0.2, 0.25) is 11.9 Å². The molecule has 1 atom stereocenters. The summed E-state index contributed by atoms with van der Waals surface area (Å²) in [5.41, 5.74) is 13.4. The van der Waals surface area contributed by atoms with E-state index in [2.05, 4.69) is 191 Å². The molecular weight excluding hydrogens is 1050 g/mol. The number of benzene rings is 10. The van der Waals surface area contributed by atoms with Crippen LogP contribution < -0.4 is 0 Å². The molecule has 7 aromatic heterocycles. The highest BCUT2D eigenvalue weighted by atomic mass is 32.1. The van der Waals surface area contributed by atoms with Crippen LogP contribution in [0.25, 0.3) is 167 Å². The number of allylic oxidation sites excluding steroid dienone is 1. The van der Waals surface area contributed by atoms with E-state index >= 15 is 0 Å². The largest absolute Gasteiger partial charge is 0.456 e. The van der Waals surface area contributed by atoms with Gasteiger partial charge >= 0.3 is 0 Å². The van der Waals surface area contributed by atoms with E-state index in [0.29, 0.717) is 41.1 Å². The van der Waals surface area contributed by atoms with Crippen LogP contribution in [-0.2, 0) is 0 Å². The summed E-state index contributed by atoms with van der Waals surface area (Å²) in [5, 5.41) is 9.59. The zero-order valence-electron chi connectivity index (χ0n) is 45.1. The fourth-order valence-corrected chi connectivity index (χ4v) is 14.7. The number of furan rings is 1. The van der Waals surface area contributed by atoms with Crippen LogP contribution >= 0.6 is 11.3 Å². The maximum Gasteiger partial charge on any atom is 0.238 e. The average Bonchev–Trinajstić information content (AvgIpc) is 1.63.